The standard InChI is InChI=1S/C19H22BClN6O/c1-19(2,3)26-18(28)23-9-8-22-16-10-15(12-6-4-5-7-14(12)21)25-17-13(20)11-24-27(16)17/h4-7,10-11,22H,8-9H2,1-3H3,(H2,23,26,28). The molecule has 28 heavy (non-hydrogen) atoms. The molecule has 1 aromatic carbocycles. The molecule has 3 rings (SSSR count). The lowest BCUT2D eigenvalue weighted by Gasteiger charge is -2.20. The first-order valence-corrected chi connectivity index (χ1v) is 9.31. The summed E-state index contributed by atoms with van der Waals surface area (Å²) in [6.45, 7) is 6.72. The molecule has 2 heterocycles. The van der Waals surface area contributed by atoms with Crippen molar-refractivity contribution in [2.75, 3.05) is 18.4 Å². The number of benzene rings is 1. The monoisotopic (exact) mass is 396 g/mol. The molecule has 3 aromatic rings. The van der Waals surface area contributed by atoms with Gasteiger partial charge in [0.1, 0.15) is 13.7 Å². The van der Waals surface area contributed by atoms with Gasteiger partial charge in [-0.15, -0.1) is 0 Å². The molecule has 0 saturated heterocycles. The van der Waals surface area contributed by atoms with Crippen LogP contribution < -0.4 is 21.4 Å². The Balaban J connectivity index is 1.77. The normalized spacial score (nSPS) is 11.4. The average Bonchev–Trinajstić information content (AvgIpc) is 2.99. The van der Waals surface area contributed by atoms with Gasteiger partial charge in [0.2, 0.25) is 0 Å². The van der Waals surface area contributed by atoms with Crippen LogP contribution in [0.5, 0.6) is 0 Å². The van der Waals surface area contributed by atoms with Crippen molar-refractivity contribution in [3.05, 3.63) is 41.6 Å². The van der Waals surface area contributed by atoms with Crippen LogP contribution in [0.4, 0.5) is 10.6 Å². The second-order valence-corrected chi connectivity index (χ2v) is 7.81. The van der Waals surface area contributed by atoms with E-state index >= 15 is 0 Å². The molecule has 0 aliphatic heterocycles. The highest BCUT2D eigenvalue weighted by Gasteiger charge is 2.14. The molecule has 0 aliphatic rings. The van der Waals surface area contributed by atoms with Crippen molar-refractivity contribution < 1.29 is 4.79 Å². The summed E-state index contributed by atoms with van der Waals surface area (Å²) in [5, 5.41) is 13.8. The second-order valence-electron chi connectivity index (χ2n) is 7.40. The first kappa shape index (κ1) is 20.0. The number of fused-ring (bicyclic) bond motifs is 1. The molecular weight excluding hydrogens is 375 g/mol. The minimum Gasteiger partial charge on any atom is -0.368 e. The van der Waals surface area contributed by atoms with Crippen LogP contribution >= 0.6 is 11.6 Å². The van der Waals surface area contributed by atoms with E-state index in [-0.39, 0.29) is 11.6 Å². The van der Waals surface area contributed by atoms with Crippen LogP contribution in [-0.2, 0) is 0 Å². The predicted molar refractivity (Wildman–Crippen MR) is 114 cm³/mol. The lowest BCUT2D eigenvalue weighted by Crippen LogP contribution is -2.47. The van der Waals surface area contributed by atoms with E-state index in [0.29, 0.717) is 40.7 Å². The van der Waals surface area contributed by atoms with Crippen molar-refractivity contribution >= 4 is 42.4 Å². The van der Waals surface area contributed by atoms with E-state index in [1.807, 2.05) is 51.1 Å². The Morgan fingerprint density at radius 2 is 2.00 bits per heavy atom. The topological polar surface area (TPSA) is 83.3 Å². The van der Waals surface area contributed by atoms with Gasteiger partial charge in [-0.25, -0.2) is 9.78 Å². The number of nitrogens with one attached hydrogen (secondary N) is 3. The number of halogens is 1. The number of nitrogens with zero attached hydrogens (tertiary/aromatic N) is 3. The molecule has 0 atom stereocenters. The number of hydrogen-bond acceptors (Lipinski definition) is 4. The van der Waals surface area contributed by atoms with Crippen molar-refractivity contribution in [2.45, 2.75) is 26.3 Å². The summed E-state index contributed by atoms with van der Waals surface area (Å²) in [6.07, 6.45) is 1.55. The molecule has 2 amide bonds. The highest BCUT2D eigenvalue weighted by atomic mass is 35.5. The molecule has 3 N–H and O–H groups in total. The van der Waals surface area contributed by atoms with Crippen LogP contribution in [-0.4, -0.2) is 47.1 Å². The van der Waals surface area contributed by atoms with Crippen LogP contribution in [0.1, 0.15) is 20.8 Å². The van der Waals surface area contributed by atoms with Gasteiger partial charge in [0.05, 0.1) is 5.69 Å². The number of aromatic nitrogens is 3. The van der Waals surface area contributed by atoms with Gasteiger partial charge in [-0.3, -0.25) is 0 Å². The van der Waals surface area contributed by atoms with E-state index in [1.54, 1.807) is 10.7 Å². The molecule has 2 radical (unpaired) electrons. The zero-order valence-electron chi connectivity index (χ0n) is 16.1. The van der Waals surface area contributed by atoms with Crippen molar-refractivity contribution in [1.29, 1.82) is 0 Å². The van der Waals surface area contributed by atoms with Gasteiger partial charge in [-0.2, -0.15) is 9.61 Å². The minimum atomic E-state index is -0.286. The summed E-state index contributed by atoms with van der Waals surface area (Å²) in [5.74, 6) is 0.703. The fraction of sp³-hybridized carbons (Fsp3) is 0.316. The SMILES string of the molecule is [B]c1cnn2c(NCCNC(=O)NC(C)(C)C)cc(-c3ccccc3Cl)nc12. The Morgan fingerprint density at radius 3 is 2.71 bits per heavy atom. The van der Waals surface area contributed by atoms with E-state index in [9.17, 15) is 4.79 Å². The first-order valence-electron chi connectivity index (χ1n) is 8.93. The molecule has 2 aromatic heterocycles. The predicted octanol–water partition coefficient (Wildman–Crippen LogP) is 2.35. The molecular formula is C19H22BClN6O. The lowest BCUT2D eigenvalue weighted by atomic mass is 10.0. The largest absolute Gasteiger partial charge is 0.368 e. The minimum absolute atomic E-state index is 0.214. The van der Waals surface area contributed by atoms with E-state index < -0.39 is 0 Å². The highest BCUT2D eigenvalue weighted by Crippen LogP contribution is 2.28. The third-order valence-electron chi connectivity index (χ3n) is 3.85. The summed E-state index contributed by atoms with van der Waals surface area (Å²) in [7, 11) is 6.01. The zero-order chi connectivity index (χ0) is 20.3. The number of carbonyl (C=O) groups is 1. The maximum Gasteiger partial charge on any atom is 0.315 e. The number of amides is 2. The Morgan fingerprint density at radius 1 is 1.25 bits per heavy atom. The van der Waals surface area contributed by atoms with Gasteiger partial charge >= 0.3 is 6.03 Å². The average molecular weight is 397 g/mol. The summed E-state index contributed by atoms with van der Waals surface area (Å²) in [6, 6.07) is 9.12. The van der Waals surface area contributed by atoms with Crippen LogP contribution in [0.2, 0.25) is 5.02 Å². The third-order valence-corrected chi connectivity index (χ3v) is 4.18. The van der Waals surface area contributed by atoms with E-state index in [1.165, 1.54) is 0 Å². The molecule has 9 heteroatoms. The Labute approximate surface area is 170 Å². The molecule has 7 nitrogen and oxygen atoms in total. The number of rotatable bonds is 5. The van der Waals surface area contributed by atoms with Crippen LogP contribution in [0.25, 0.3) is 16.9 Å². The third kappa shape index (κ3) is 4.75. The first-order chi connectivity index (χ1) is 13.2. The van der Waals surface area contributed by atoms with Crippen LogP contribution in [0.15, 0.2) is 36.5 Å². The second kappa shape index (κ2) is 8.10. The smallest absolute Gasteiger partial charge is 0.315 e. The lowest BCUT2D eigenvalue weighted by molar-refractivity contribution is 0.232. The fourth-order valence-corrected chi connectivity index (χ4v) is 2.90. The number of carbonyl (C=O) groups excluding carboxylic acids is 1. The summed E-state index contributed by atoms with van der Waals surface area (Å²) >= 11 is 6.32. The van der Waals surface area contributed by atoms with E-state index in [4.69, 9.17) is 19.4 Å². The van der Waals surface area contributed by atoms with Crippen molar-refractivity contribution in [2.24, 2.45) is 0 Å². The Hall–Kier alpha value is -2.74. The molecule has 0 spiro atoms. The van der Waals surface area contributed by atoms with Crippen LogP contribution in [0.3, 0.4) is 0 Å². The quantitative estimate of drug-likeness (QED) is 0.457. The van der Waals surface area contributed by atoms with Crippen molar-refractivity contribution in [3.63, 3.8) is 0 Å². The summed E-state index contributed by atoms with van der Waals surface area (Å²) in [5.41, 5.74) is 2.22. The van der Waals surface area contributed by atoms with Gasteiger partial charge in [0.25, 0.3) is 0 Å². The molecule has 0 bridgehead atoms. The fourth-order valence-electron chi connectivity index (χ4n) is 2.66. The molecule has 0 fully saturated rings. The van der Waals surface area contributed by atoms with Crippen LogP contribution in [0, 0.1) is 0 Å². The maximum atomic E-state index is 11.9. The van der Waals surface area contributed by atoms with Gasteiger partial charge < -0.3 is 16.0 Å². The maximum absolute atomic E-state index is 11.9. The Bertz CT molecular complexity index is 998. The van der Waals surface area contributed by atoms with E-state index in [0.717, 1.165) is 5.56 Å². The highest BCUT2D eigenvalue weighted by molar-refractivity contribution is 6.36. The molecule has 144 valence electrons. The molecule has 0 unspecified atom stereocenters. The van der Waals surface area contributed by atoms with Crippen molar-refractivity contribution in [3.8, 4) is 11.3 Å². The van der Waals surface area contributed by atoms with Gasteiger partial charge in [0, 0.05) is 41.5 Å². The number of hydrogen-bond donors (Lipinski definition) is 3. The van der Waals surface area contributed by atoms with Gasteiger partial charge in [0.15, 0.2) is 5.65 Å². The number of anilines is 1. The van der Waals surface area contributed by atoms with E-state index in [2.05, 4.69) is 26.0 Å². The van der Waals surface area contributed by atoms with Gasteiger partial charge in [-0.1, -0.05) is 29.8 Å². The molecule has 0 aliphatic carbocycles. The summed E-state index contributed by atoms with van der Waals surface area (Å²) < 4.78 is 1.63. The number of urea groups is 1. The molecule has 0 saturated carbocycles. The zero-order valence-corrected chi connectivity index (χ0v) is 16.8. The van der Waals surface area contributed by atoms with Crippen molar-refractivity contribution in [1.82, 2.24) is 25.2 Å². The van der Waals surface area contributed by atoms with Gasteiger partial charge in [-0.05, 0) is 32.3 Å². The summed E-state index contributed by atoms with van der Waals surface area (Å²) in [4.78, 5) is 16.4. The Kier molecular flexibility index (Phi) is 5.79.